The topological polar surface area (TPSA) is 35.5 Å². The summed E-state index contributed by atoms with van der Waals surface area (Å²) in [6, 6.07) is 9.10. The van der Waals surface area contributed by atoms with Crippen molar-refractivity contribution < 1.29 is 14.0 Å². The largest absolute Gasteiger partial charge is 0.494 e. The summed E-state index contributed by atoms with van der Waals surface area (Å²) in [7, 11) is 1.17. The highest BCUT2D eigenvalue weighted by Gasteiger charge is 2.25. The zero-order chi connectivity index (χ0) is 28.2. The lowest BCUT2D eigenvalue weighted by Gasteiger charge is -2.28. The standard InChI is InChI=1S/C34H46O2.H2OP/c1-9-11-13-35-33-22-34(36-14-12-10-2)30(21-32-27(7)17-24(4)18-28(32)8)19-29(33)20-31-25(5)15-23(3)16-26(31)6;1-2/h15-18,20-22,33H,9-14,19H2,1-8H3;2H2/q;+1. The van der Waals surface area contributed by atoms with Gasteiger partial charge in [-0.15, -0.1) is 0 Å². The molecular formula is C34H48O3P+. The Morgan fingerprint density at radius 1 is 0.763 bits per heavy atom. The van der Waals surface area contributed by atoms with E-state index in [2.05, 4.69) is 97.9 Å². The lowest BCUT2D eigenvalue weighted by Crippen LogP contribution is -2.21. The molecule has 1 aliphatic rings. The Labute approximate surface area is 233 Å². The normalized spacial score (nSPS) is 17.3. The molecule has 2 atom stereocenters. The van der Waals surface area contributed by atoms with Gasteiger partial charge < -0.3 is 9.47 Å². The van der Waals surface area contributed by atoms with Crippen molar-refractivity contribution in [3.63, 3.8) is 0 Å². The molecule has 2 unspecified atom stereocenters. The predicted molar refractivity (Wildman–Crippen MR) is 166 cm³/mol. The van der Waals surface area contributed by atoms with Crippen LogP contribution in [-0.2, 0) is 14.0 Å². The van der Waals surface area contributed by atoms with Gasteiger partial charge in [-0.1, -0.05) is 72.7 Å². The van der Waals surface area contributed by atoms with Crippen LogP contribution < -0.4 is 0 Å². The third kappa shape index (κ3) is 8.79. The van der Waals surface area contributed by atoms with Crippen LogP contribution in [0.15, 0.2) is 47.2 Å². The molecule has 38 heavy (non-hydrogen) atoms. The molecule has 0 fully saturated rings. The molecule has 2 aromatic carbocycles. The first-order valence-corrected chi connectivity index (χ1v) is 14.5. The maximum atomic E-state index is 8.17. The van der Waals surface area contributed by atoms with Crippen molar-refractivity contribution >= 4 is 21.3 Å². The maximum Gasteiger partial charge on any atom is 0.310 e. The van der Waals surface area contributed by atoms with Crippen LogP contribution in [0.1, 0.15) is 90.5 Å². The highest BCUT2D eigenvalue weighted by molar-refractivity contribution is 7.00. The molecule has 0 aliphatic heterocycles. The Hall–Kier alpha value is -2.48. The average Bonchev–Trinajstić information content (AvgIpc) is 2.86. The van der Waals surface area contributed by atoms with E-state index in [1.54, 1.807) is 0 Å². The summed E-state index contributed by atoms with van der Waals surface area (Å²) in [6.45, 7) is 19.1. The van der Waals surface area contributed by atoms with Crippen molar-refractivity contribution in [1.82, 2.24) is 0 Å². The lowest BCUT2D eigenvalue weighted by atomic mass is 9.87. The van der Waals surface area contributed by atoms with Gasteiger partial charge in [0.25, 0.3) is 0 Å². The van der Waals surface area contributed by atoms with Crippen molar-refractivity contribution in [2.75, 3.05) is 13.2 Å². The molecule has 3 rings (SSSR count). The molecule has 0 aromatic heterocycles. The number of ether oxygens (including phenoxy) is 2. The Balaban J connectivity index is 0.00000247. The molecule has 0 N–H and O–H groups in total. The molecule has 0 bridgehead atoms. The maximum absolute atomic E-state index is 8.17. The third-order valence-electron chi connectivity index (χ3n) is 7.05. The fourth-order valence-corrected chi connectivity index (χ4v) is 5.19. The van der Waals surface area contributed by atoms with Gasteiger partial charge in [0.05, 0.1) is 6.61 Å². The highest BCUT2D eigenvalue weighted by Crippen LogP contribution is 2.36. The Kier molecular flexibility index (Phi) is 13.2. The van der Waals surface area contributed by atoms with E-state index in [9.17, 15) is 0 Å². The van der Waals surface area contributed by atoms with Crippen LogP contribution >= 0.6 is 9.12 Å². The molecule has 0 amide bonds. The van der Waals surface area contributed by atoms with Gasteiger partial charge in [0.15, 0.2) is 0 Å². The van der Waals surface area contributed by atoms with Crippen LogP contribution in [0.25, 0.3) is 12.2 Å². The summed E-state index contributed by atoms with van der Waals surface area (Å²) in [4.78, 5) is 0. The van der Waals surface area contributed by atoms with Crippen LogP contribution in [0.2, 0.25) is 0 Å². The van der Waals surface area contributed by atoms with Crippen molar-refractivity contribution in [3.05, 3.63) is 91.8 Å². The zero-order valence-corrected chi connectivity index (χ0v) is 26.0. The van der Waals surface area contributed by atoms with E-state index in [0.717, 1.165) is 51.1 Å². The van der Waals surface area contributed by atoms with Crippen molar-refractivity contribution in [3.8, 4) is 0 Å². The molecule has 3 nitrogen and oxygen atoms in total. The highest BCUT2D eigenvalue weighted by atomic mass is 31.0. The molecule has 1 aliphatic carbocycles. The Morgan fingerprint density at radius 3 is 1.74 bits per heavy atom. The number of allylic oxidation sites excluding steroid dienone is 1. The van der Waals surface area contributed by atoms with E-state index in [1.807, 2.05) is 0 Å². The number of hydrogen-bond acceptors (Lipinski definition) is 3. The van der Waals surface area contributed by atoms with Crippen molar-refractivity contribution in [1.29, 1.82) is 0 Å². The van der Waals surface area contributed by atoms with E-state index in [-0.39, 0.29) is 6.10 Å². The predicted octanol–water partition coefficient (Wildman–Crippen LogP) is 9.50. The molecule has 0 saturated heterocycles. The SMILES string of the molecule is CCCCOC1=CC(OCCCC)C(=Cc2c(C)cc(C)cc2C)CC1=Cc1c(C)cc(C)cc1C.O=[PH2+]. The Bertz CT molecular complexity index is 1130. The van der Waals surface area contributed by atoms with Crippen LogP contribution in [0, 0.1) is 41.5 Å². The molecule has 0 heterocycles. The minimum absolute atomic E-state index is 0.0642. The number of rotatable bonds is 10. The van der Waals surface area contributed by atoms with Gasteiger partial charge in [0.1, 0.15) is 11.9 Å². The quantitative estimate of drug-likeness (QED) is 0.224. The number of unbranched alkanes of at least 4 members (excludes halogenated alkanes) is 2. The van der Waals surface area contributed by atoms with Gasteiger partial charge in [0, 0.05) is 13.0 Å². The molecule has 4 heteroatoms. The second kappa shape index (κ2) is 15.8. The molecular weight excluding hydrogens is 487 g/mol. The van der Waals surface area contributed by atoms with E-state index in [0.29, 0.717) is 0 Å². The second-order valence-corrected chi connectivity index (χ2v) is 10.6. The molecule has 206 valence electrons. The van der Waals surface area contributed by atoms with E-state index in [1.165, 1.54) is 64.8 Å². The average molecular weight is 536 g/mol. The summed E-state index contributed by atoms with van der Waals surface area (Å²) in [6.07, 6.45) is 12.1. The van der Waals surface area contributed by atoms with Gasteiger partial charge in [-0.3, -0.25) is 0 Å². The molecule has 0 spiro atoms. The number of aryl methyl sites for hydroxylation is 6. The third-order valence-corrected chi connectivity index (χ3v) is 7.05. The fourth-order valence-electron chi connectivity index (χ4n) is 5.19. The van der Waals surface area contributed by atoms with Gasteiger partial charge in [-0.2, -0.15) is 0 Å². The van der Waals surface area contributed by atoms with E-state index in [4.69, 9.17) is 14.0 Å². The minimum atomic E-state index is -0.0642. The molecule has 2 aromatic rings. The van der Waals surface area contributed by atoms with Crippen LogP contribution in [-0.4, -0.2) is 19.3 Å². The van der Waals surface area contributed by atoms with Crippen LogP contribution in [0.4, 0.5) is 0 Å². The number of benzene rings is 2. The monoisotopic (exact) mass is 535 g/mol. The van der Waals surface area contributed by atoms with E-state index >= 15 is 0 Å². The van der Waals surface area contributed by atoms with Gasteiger partial charge in [-0.25, -0.2) is 0 Å². The second-order valence-electron chi connectivity index (χ2n) is 10.6. The van der Waals surface area contributed by atoms with Gasteiger partial charge in [-0.05, 0) is 111 Å². The van der Waals surface area contributed by atoms with Crippen molar-refractivity contribution in [2.24, 2.45) is 0 Å². The first-order chi connectivity index (χ1) is 18.2. The summed E-state index contributed by atoms with van der Waals surface area (Å²) in [5.74, 6) is 0.985. The van der Waals surface area contributed by atoms with Gasteiger partial charge >= 0.3 is 9.12 Å². The number of hydrogen-bond donors (Lipinski definition) is 0. The van der Waals surface area contributed by atoms with Crippen LogP contribution in [0.3, 0.4) is 0 Å². The summed E-state index contributed by atoms with van der Waals surface area (Å²) >= 11 is 0. The first-order valence-electron chi connectivity index (χ1n) is 14.0. The fraction of sp³-hybridized carbons (Fsp3) is 0.471. The van der Waals surface area contributed by atoms with Crippen molar-refractivity contribution in [2.45, 2.75) is 93.6 Å². The zero-order valence-electron chi connectivity index (χ0n) is 24.9. The first kappa shape index (κ1) is 31.7. The summed E-state index contributed by atoms with van der Waals surface area (Å²) in [5.41, 5.74) is 13.0. The van der Waals surface area contributed by atoms with E-state index < -0.39 is 0 Å². The smallest absolute Gasteiger partial charge is 0.310 e. The van der Waals surface area contributed by atoms with Crippen LogP contribution in [0.5, 0.6) is 0 Å². The molecule has 0 saturated carbocycles. The summed E-state index contributed by atoms with van der Waals surface area (Å²) < 4.78 is 21.0. The Morgan fingerprint density at radius 2 is 1.24 bits per heavy atom. The minimum Gasteiger partial charge on any atom is -0.494 e. The molecule has 0 radical (unpaired) electrons. The summed E-state index contributed by atoms with van der Waals surface area (Å²) in [5, 5.41) is 0. The van der Waals surface area contributed by atoms with Gasteiger partial charge in [0.2, 0.25) is 0 Å². The lowest BCUT2D eigenvalue weighted by molar-refractivity contribution is 0.0963.